The summed E-state index contributed by atoms with van der Waals surface area (Å²) < 4.78 is 0. The lowest BCUT2D eigenvalue weighted by Gasteiger charge is -2.07. The SMILES string of the molecule is CCNC(=O)Nc1ccc(Sc2ccc(C#N)cc2)cc1. The molecule has 0 saturated heterocycles. The van der Waals surface area contributed by atoms with Gasteiger partial charge in [0.2, 0.25) is 0 Å². The van der Waals surface area contributed by atoms with Crippen molar-refractivity contribution >= 4 is 23.5 Å². The third-order valence-corrected chi connectivity index (χ3v) is 3.68. The molecule has 0 radical (unpaired) electrons. The Bertz CT molecular complexity index is 645. The summed E-state index contributed by atoms with van der Waals surface area (Å²) in [7, 11) is 0. The summed E-state index contributed by atoms with van der Waals surface area (Å²) in [6.45, 7) is 2.47. The lowest BCUT2D eigenvalue weighted by Crippen LogP contribution is -2.28. The Labute approximate surface area is 128 Å². The van der Waals surface area contributed by atoms with E-state index in [0.29, 0.717) is 12.1 Å². The van der Waals surface area contributed by atoms with Gasteiger partial charge in [0.15, 0.2) is 0 Å². The van der Waals surface area contributed by atoms with Crippen molar-refractivity contribution in [2.45, 2.75) is 16.7 Å². The van der Waals surface area contributed by atoms with Gasteiger partial charge in [0.05, 0.1) is 11.6 Å². The normalized spacial score (nSPS) is 9.71. The van der Waals surface area contributed by atoms with E-state index in [1.165, 1.54) is 0 Å². The molecule has 0 aromatic heterocycles. The van der Waals surface area contributed by atoms with Crippen molar-refractivity contribution in [1.82, 2.24) is 5.32 Å². The van der Waals surface area contributed by atoms with Gasteiger partial charge < -0.3 is 10.6 Å². The van der Waals surface area contributed by atoms with Crippen molar-refractivity contribution in [1.29, 1.82) is 5.26 Å². The predicted octanol–water partition coefficient (Wildman–Crippen LogP) is 3.85. The summed E-state index contributed by atoms with van der Waals surface area (Å²) in [6, 6.07) is 17.0. The van der Waals surface area contributed by atoms with Gasteiger partial charge in [-0.25, -0.2) is 4.79 Å². The van der Waals surface area contributed by atoms with Gasteiger partial charge in [0.25, 0.3) is 0 Å². The molecule has 4 nitrogen and oxygen atoms in total. The van der Waals surface area contributed by atoms with Crippen LogP contribution in [0, 0.1) is 11.3 Å². The lowest BCUT2D eigenvalue weighted by molar-refractivity contribution is 0.252. The molecular weight excluding hydrogens is 282 g/mol. The Morgan fingerprint density at radius 1 is 1.10 bits per heavy atom. The Morgan fingerprint density at radius 3 is 2.19 bits per heavy atom. The molecule has 5 heteroatoms. The van der Waals surface area contributed by atoms with Crippen molar-refractivity contribution in [3.8, 4) is 6.07 Å². The molecule has 2 aromatic carbocycles. The quantitative estimate of drug-likeness (QED) is 0.901. The first kappa shape index (κ1) is 14.9. The zero-order valence-electron chi connectivity index (χ0n) is 11.6. The Kier molecular flexibility index (Phi) is 5.24. The minimum absolute atomic E-state index is 0.204. The second-order valence-corrected chi connectivity index (χ2v) is 5.39. The number of hydrogen-bond acceptors (Lipinski definition) is 3. The van der Waals surface area contributed by atoms with Crippen LogP contribution in [0.25, 0.3) is 0 Å². The fourth-order valence-corrected chi connectivity index (χ4v) is 2.49. The Hall–Kier alpha value is -2.45. The summed E-state index contributed by atoms with van der Waals surface area (Å²) in [6.07, 6.45) is 0. The Morgan fingerprint density at radius 2 is 1.67 bits per heavy atom. The van der Waals surface area contributed by atoms with Crippen molar-refractivity contribution in [3.63, 3.8) is 0 Å². The van der Waals surface area contributed by atoms with Crippen LogP contribution in [0.4, 0.5) is 10.5 Å². The van der Waals surface area contributed by atoms with E-state index < -0.39 is 0 Å². The minimum atomic E-state index is -0.204. The topological polar surface area (TPSA) is 64.9 Å². The van der Waals surface area contributed by atoms with E-state index in [1.54, 1.807) is 23.9 Å². The molecule has 2 aromatic rings. The average molecular weight is 297 g/mol. The number of nitrogens with zero attached hydrogens (tertiary/aromatic N) is 1. The van der Waals surface area contributed by atoms with Crippen molar-refractivity contribution in [2.75, 3.05) is 11.9 Å². The summed E-state index contributed by atoms with van der Waals surface area (Å²) >= 11 is 1.61. The van der Waals surface area contributed by atoms with Crippen LogP contribution in [-0.4, -0.2) is 12.6 Å². The second kappa shape index (κ2) is 7.36. The van der Waals surface area contributed by atoms with E-state index >= 15 is 0 Å². The minimum Gasteiger partial charge on any atom is -0.338 e. The fraction of sp³-hybridized carbons (Fsp3) is 0.125. The predicted molar refractivity (Wildman–Crippen MR) is 84.4 cm³/mol. The third-order valence-electron chi connectivity index (χ3n) is 2.67. The zero-order valence-corrected chi connectivity index (χ0v) is 12.4. The number of anilines is 1. The van der Waals surface area contributed by atoms with Gasteiger partial charge in [-0.2, -0.15) is 5.26 Å². The molecule has 2 rings (SSSR count). The Balaban J connectivity index is 1.98. The number of carbonyl (C=O) groups is 1. The fourth-order valence-electron chi connectivity index (χ4n) is 1.68. The standard InChI is InChI=1S/C16H15N3OS/c1-2-18-16(20)19-13-5-9-15(10-6-13)21-14-7-3-12(11-17)4-8-14/h3-10H,2H2,1H3,(H2,18,19,20). The van der Waals surface area contributed by atoms with E-state index in [-0.39, 0.29) is 6.03 Å². The molecule has 0 aliphatic heterocycles. The summed E-state index contributed by atoms with van der Waals surface area (Å²) in [4.78, 5) is 13.5. The maximum Gasteiger partial charge on any atom is 0.319 e. The number of urea groups is 1. The number of nitrogens with one attached hydrogen (secondary N) is 2. The highest BCUT2D eigenvalue weighted by atomic mass is 32.2. The van der Waals surface area contributed by atoms with Crippen LogP contribution in [0.1, 0.15) is 12.5 Å². The van der Waals surface area contributed by atoms with Crippen LogP contribution in [0.3, 0.4) is 0 Å². The number of benzene rings is 2. The molecule has 0 unspecified atom stereocenters. The van der Waals surface area contributed by atoms with Crippen LogP contribution in [0.15, 0.2) is 58.3 Å². The molecule has 0 atom stereocenters. The first-order chi connectivity index (χ1) is 10.2. The van der Waals surface area contributed by atoms with Crippen LogP contribution in [-0.2, 0) is 0 Å². The van der Waals surface area contributed by atoms with Gasteiger partial charge in [-0.3, -0.25) is 0 Å². The smallest absolute Gasteiger partial charge is 0.319 e. The van der Waals surface area contributed by atoms with E-state index in [1.807, 2.05) is 43.3 Å². The summed E-state index contributed by atoms with van der Waals surface area (Å²) in [5.41, 5.74) is 1.41. The molecule has 2 amide bonds. The first-order valence-electron chi connectivity index (χ1n) is 6.54. The molecule has 0 bridgehead atoms. The zero-order chi connectivity index (χ0) is 15.1. The van der Waals surface area contributed by atoms with Gasteiger partial charge in [-0.05, 0) is 55.5 Å². The number of carbonyl (C=O) groups excluding carboxylic acids is 1. The first-order valence-corrected chi connectivity index (χ1v) is 7.36. The lowest BCUT2D eigenvalue weighted by atomic mass is 10.2. The largest absolute Gasteiger partial charge is 0.338 e. The molecule has 0 aliphatic rings. The van der Waals surface area contributed by atoms with E-state index in [2.05, 4.69) is 16.7 Å². The van der Waals surface area contributed by atoms with Crippen molar-refractivity contribution < 1.29 is 4.79 Å². The van der Waals surface area contributed by atoms with Crippen LogP contribution in [0.5, 0.6) is 0 Å². The monoisotopic (exact) mass is 297 g/mol. The van der Waals surface area contributed by atoms with Gasteiger partial charge in [0.1, 0.15) is 0 Å². The van der Waals surface area contributed by atoms with E-state index in [9.17, 15) is 4.79 Å². The maximum absolute atomic E-state index is 11.4. The molecule has 0 spiro atoms. The van der Waals surface area contributed by atoms with Gasteiger partial charge in [-0.15, -0.1) is 0 Å². The van der Waals surface area contributed by atoms with E-state index in [4.69, 9.17) is 5.26 Å². The number of hydrogen-bond donors (Lipinski definition) is 2. The molecule has 0 saturated carbocycles. The number of amides is 2. The van der Waals surface area contributed by atoms with Crippen LogP contribution in [0.2, 0.25) is 0 Å². The van der Waals surface area contributed by atoms with Crippen molar-refractivity contribution in [3.05, 3.63) is 54.1 Å². The highest BCUT2D eigenvalue weighted by Crippen LogP contribution is 2.28. The highest BCUT2D eigenvalue weighted by molar-refractivity contribution is 7.99. The molecule has 0 heterocycles. The van der Waals surface area contributed by atoms with Crippen molar-refractivity contribution in [2.24, 2.45) is 0 Å². The molecule has 0 fully saturated rings. The third kappa shape index (κ3) is 4.55. The second-order valence-electron chi connectivity index (χ2n) is 4.25. The number of rotatable bonds is 4. The van der Waals surface area contributed by atoms with E-state index in [0.717, 1.165) is 15.5 Å². The number of nitriles is 1. The summed E-state index contributed by atoms with van der Waals surface area (Å²) in [5, 5.41) is 14.2. The molecule has 0 aliphatic carbocycles. The van der Waals surface area contributed by atoms with Gasteiger partial charge in [-0.1, -0.05) is 11.8 Å². The molecule has 106 valence electrons. The molecular formula is C16H15N3OS. The molecule has 2 N–H and O–H groups in total. The molecule has 21 heavy (non-hydrogen) atoms. The van der Waals surface area contributed by atoms with Crippen LogP contribution >= 0.6 is 11.8 Å². The summed E-state index contributed by atoms with van der Waals surface area (Å²) in [5.74, 6) is 0. The average Bonchev–Trinajstić information content (AvgIpc) is 2.50. The maximum atomic E-state index is 11.4. The van der Waals surface area contributed by atoms with Crippen LogP contribution < -0.4 is 10.6 Å². The van der Waals surface area contributed by atoms with Gasteiger partial charge >= 0.3 is 6.03 Å². The van der Waals surface area contributed by atoms with Gasteiger partial charge in [0, 0.05) is 22.0 Å². The highest BCUT2D eigenvalue weighted by Gasteiger charge is 2.01.